The number of nitrogens with one attached hydrogen (secondary N) is 2. The van der Waals surface area contributed by atoms with E-state index in [1.807, 2.05) is 59.4 Å². The number of hydrogen-bond acceptors (Lipinski definition) is 5. The number of para-hydroxylation sites is 1. The van der Waals surface area contributed by atoms with Gasteiger partial charge >= 0.3 is 0 Å². The van der Waals surface area contributed by atoms with E-state index in [1.54, 1.807) is 13.1 Å². The summed E-state index contributed by atoms with van der Waals surface area (Å²) in [6.45, 7) is 1.21. The van der Waals surface area contributed by atoms with Gasteiger partial charge < -0.3 is 10.2 Å². The predicted molar refractivity (Wildman–Crippen MR) is 116 cm³/mol. The second-order valence-corrected chi connectivity index (χ2v) is 8.31. The highest BCUT2D eigenvalue weighted by atomic mass is 32.2. The normalized spacial score (nSPS) is 12.0. The molecule has 10 heteroatoms. The molecule has 0 saturated carbocycles. The van der Waals surface area contributed by atoms with Crippen LogP contribution in [0.4, 0.5) is 0 Å². The molecule has 0 fully saturated rings. The van der Waals surface area contributed by atoms with E-state index in [4.69, 9.17) is 0 Å². The van der Waals surface area contributed by atoms with Crippen molar-refractivity contribution in [3.05, 3.63) is 72.8 Å². The molecule has 3 rings (SSSR count). The van der Waals surface area contributed by atoms with Gasteiger partial charge in [0.1, 0.15) is 4.90 Å². The van der Waals surface area contributed by atoms with Crippen LogP contribution < -0.4 is 10.0 Å². The Bertz CT molecular complexity index is 1070. The molecule has 0 aliphatic rings. The summed E-state index contributed by atoms with van der Waals surface area (Å²) >= 11 is 0. The van der Waals surface area contributed by atoms with Crippen molar-refractivity contribution in [2.45, 2.75) is 11.4 Å². The summed E-state index contributed by atoms with van der Waals surface area (Å²) in [6.07, 6.45) is 6.64. The predicted octanol–water partition coefficient (Wildman–Crippen LogP) is 1.25. The van der Waals surface area contributed by atoms with Gasteiger partial charge in [0.25, 0.3) is 0 Å². The molecule has 0 aliphatic heterocycles. The second-order valence-electron chi connectivity index (χ2n) is 6.55. The molecule has 2 aromatic heterocycles. The maximum absolute atomic E-state index is 12.2. The average Bonchev–Trinajstić information content (AvgIpc) is 3.23. The topological polar surface area (TPSA) is 105 Å². The fourth-order valence-corrected chi connectivity index (χ4v) is 3.84. The lowest BCUT2D eigenvalue weighted by molar-refractivity contribution is 0.477. The molecule has 1 aromatic carbocycles. The Morgan fingerprint density at radius 3 is 2.63 bits per heavy atom. The molecule has 0 bridgehead atoms. The molecule has 0 radical (unpaired) electrons. The monoisotopic (exact) mass is 427 g/mol. The van der Waals surface area contributed by atoms with Crippen LogP contribution in [0.15, 0.2) is 77.1 Å². The summed E-state index contributed by atoms with van der Waals surface area (Å²) in [5.74, 6) is 0.656. The smallest absolute Gasteiger partial charge is 0.242 e. The number of hydrogen-bond donors (Lipinski definition) is 2. The van der Waals surface area contributed by atoms with E-state index in [9.17, 15) is 8.42 Å². The number of rotatable bonds is 8. The minimum atomic E-state index is -3.57. The number of pyridine rings is 1. The van der Waals surface area contributed by atoms with Crippen LogP contribution in [0.25, 0.3) is 5.69 Å². The Morgan fingerprint density at radius 2 is 1.93 bits per heavy atom. The molecule has 0 spiro atoms. The third kappa shape index (κ3) is 5.65. The van der Waals surface area contributed by atoms with E-state index in [-0.39, 0.29) is 11.4 Å². The van der Waals surface area contributed by atoms with Gasteiger partial charge in [-0.25, -0.2) is 17.8 Å². The molecular weight excluding hydrogens is 402 g/mol. The lowest BCUT2D eigenvalue weighted by Crippen LogP contribution is -2.42. The summed E-state index contributed by atoms with van der Waals surface area (Å²) in [5, 5.41) is 7.56. The van der Waals surface area contributed by atoms with Crippen molar-refractivity contribution in [3.8, 4) is 5.69 Å². The summed E-state index contributed by atoms with van der Waals surface area (Å²) in [4.78, 5) is 10.2. The number of aliphatic imine (C=N–C) groups is 1. The Balaban J connectivity index is 1.50. The molecule has 2 N–H and O–H groups in total. The van der Waals surface area contributed by atoms with Crippen molar-refractivity contribution in [2.24, 2.45) is 4.99 Å². The molecule has 0 atom stereocenters. The maximum atomic E-state index is 12.2. The van der Waals surface area contributed by atoms with Gasteiger partial charge in [-0.1, -0.05) is 18.2 Å². The molecule has 2 heterocycles. The van der Waals surface area contributed by atoms with Crippen LogP contribution in [0.5, 0.6) is 0 Å². The fourth-order valence-electron chi connectivity index (χ4n) is 2.85. The Labute approximate surface area is 176 Å². The van der Waals surface area contributed by atoms with Crippen molar-refractivity contribution in [1.82, 2.24) is 29.7 Å². The molecule has 0 amide bonds. The first-order valence-electron chi connectivity index (χ1n) is 9.40. The average molecular weight is 428 g/mol. The van der Waals surface area contributed by atoms with Crippen LogP contribution in [-0.2, 0) is 16.6 Å². The molecule has 0 saturated heterocycles. The summed E-state index contributed by atoms with van der Waals surface area (Å²) in [5.41, 5.74) is 2.02. The summed E-state index contributed by atoms with van der Waals surface area (Å²) < 4.78 is 28.8. The highest BCUT2D eigenvalue weighted by molar-refractivity contribution is 7.89. The van der Waals surface area contributed by atoms with Crippen molar-refractivity contribution in [1.29, 1.82) is 0 Å². The summed E-state index contributed by atoms with van der Waals surface area (Å²) in [7, 11) is 0.0239. The van der Waals surface area contributed by atoms with E-state index in [2.05, 4.69) is 25.1 Å². The third-order valence-corrected chi connectivity index (χ3v) is 5.74. The van der Waals surface area contributed by atoms with Gasteiger partial charge in [0.05, 0.1) is 11.9 Å². The third-order valence-electron chi connectivity index (χ3n) is 4.29. The van der Waals surface area contributed by atoms with Gasteiger partial charge in [0, 0.05) is 57.9 Å². The first-order chi connectivity index (χ1) is 14.5. The number of benzene rings is 1. The lowest BCUT2D eigenvalue weighted by Gasteiger charge is -2.21. The van der Waals surface area contributed by atoms with E-state index < -0.39 is 10.0 Å². The van der Waals surface area contributed by atoms with E-state index in [0.29, 0.717) is 19.0 Å². The van der Waals surface area contributed by atoms with Crippen LogP contribution in [0.1, 0.15) is 5.56 Å². The molecule has 3 aromatic rings. The lowest BCUT2D eigenvalue weighted by atomic mass is 10.3. The molecule has 0 unspecified atom stereocenters. The largest absolute Gasteiger partial charge is 0.355 e. The first kappa shape index (κ1) is 21.5. The van der Waals surface area contributed by atoms with Gasteiger partial charge in [0.15, 0.2) is 5.96 Å². The minimum absolute atomic E-state index is 0.141. The van der Waals surface area contributed by atoms with Crippen molar-refractivity contribution in [3.63, 3.8) is 0 Å². The van der Waals surface area contributed by atoms with Gasteiger partial charge in [-0.05, 0) is 24.3 Å². The van der Waals surface area contributed by atoms with Crippen molar-refractivity contribution >= 4 is 16.0 Å². The van der Waals surface area contributed by atoms with Crippen LogP contribution in [-0.4, -0.2) is 61.2 Å². The maximum Gasteiger partial charge on any atom is 0.242 e. The van der Waals surface area contributed by atoms with Crippen LogP contribution >= 0.6 is 0 Å². The SMILES string of the molecule is CN=C(NCCNS(=O)(=O)c1cccnc1)N(C)Cc1cnn(-c2ccccc2)c1. The number of nitrogens with zero attached hydrogens (tertiary/aromatic N) is 5. The Morgan fingerprint density at radius 1 is 1.13 bits per heavy atom. The van der Waals surface area contributed by atoms with E-state index in [0.717, 1.165) is 11.3 Å². The fraction of sp³-hybridized carbons (Fsp3) is 0.250. The quantitative estimate of drug-likeness (QED) is 0.319. The highest BCUT2D eigenvalue weighted by Crippen LogP contribution is 2.09. The molecule has 30 heavy (non-hydrogen) atoms. The zero-order valence-corrected chi connectivity index (χ0v) is 17.7. The zero-order valence-electron chi connectivity index (χ0n) is 16.9. The van der Waals surface area contributed by atoms with Crippen LogP contribution in [0, 0.1) is 0 Å². The number of sulfonamides is 1. The van der Waals surface area contributed by atoms with E-state index >= 15 is 0 Å². The van der Waals surface area contributed by atoms with Crippen LogP contribution in [0.3, 0.4) is 0 Å². The number of guanidine groups is 1. The van der Waals surface area contributed by atoms with Gasteiger partial charge in [-0.3, -0.25) is 9.98 Å². The van der Waals surface area contributed by atoms with Crippen molar-refractivity contribution in [2.75, 3.05) is 27.2 Å². The second kappa shape index (κ2) is 9.99. The minimum Gasteiger partial charge on any atom is -0.355 e. The van der Waals surface area contributed by atoms with Gasteiger partial charge in [-0.15, -0.1) is 0 Å². The summed E-state index contributed by atoms with van der Waals surface area (Å²) in [6, 6.07) is 13.0. The van der Waals surface area contributed by atoms with Crippen molar-refractivity contribution < 1.29 is 8.42 Å². The Kier molecular flexibility index (Phi) is 7.15. The molecule has 0 aliphatic carbocycles. The standard InChI is InChI=1S/C20H25N7O2S/c1-21-20(23-11-12-25-30(28,29)19-9-6-10-22-14-19)26(2)15-17-13-24-27(16-17)18-7-4-3-5-8-18/h3-10,13-14,16,25H,11-12,15H2,1-2H3,(H,21,23). The molecule has 158 valence electrons. The molecular formula is C20H25N7O2S. The zero-order chi connectivity index (χ0) is 21.4. The Hall–Kier alpha value is -3.24. The first-order valence-corrected chi connectivity index (χ1v) is 10.9. The van der Waals surface area contributed by atoms with Gasteiger partial charge in [-0.2, -0.15) is 5.10 Å². The number of aromatic nitrogens is 3. The van der Waals surface area contributed by atoms with Gasteiger partial charge in [0.2, 0.25) is 10.0 Å². The van der Waals surface area contributed by atoms with E-state index in [1.165, 1.54) is 18.5 Å². The molecule has 9 nitrogen and oxygen atoms in total. The van der Waals surface area contributed by atoms with Crippen LogP contribution in [0.2, 0.25) is 0 Å². The highest BCUT2D eigenvalue weighted by Gasteiger charge is 2.13.